The Labute approximate surface area is 100 Å². The quantitative estimate of drug-likeness (QED) is 0.495. The molecule has 2 unspecified atom stereocenters. The van der Waals surface area contributed by atoms with E-state index in [2.05, 4.69) is 13.7 Å². The van der Waals surface area contributed by atoms with E-state index in [9.17, 15) is 9.12 Å². The zero-order valence-electron chi connectivity index (χ0n) is 9.28. The van der Waals surface area contributed by atoms with Crippen molar-refractivity contribution in [1.82, 2.24) is 4.72 Å². The van der Waals surface area contributed by atoms with Crippen molar-refractivity contribution in [2.45, 2.75) is 13.0 Å². The number of hydrogen-bond donors (Lipinski definition) is 3. The number of fused-ring (bicyclic) bond motifs is 1. The minimum atomic E-state index is -3.61. The third kappa shape index (κ3) is 2.11. The number of nitrogens with zero attached hydrogens (tertiary/aromatic N) is 2. The van der Waals surface area contributed by atoms with Crippen molar-refractivity contribution in [3.8, 4) is 0 Å². The Morgan fingerprint density at radius 3 is 3.06 bits per heavy atom. The van der Waals surface area contributed by atoms with Crippen molar-refractivity contribution in [3.05, 3.63) is 40.9 Å². The molecule has 2 rings (SSSR count). The summed E-state index contributed by atoms with van der Waals surface area (Å²) in [6.07, 6.45) is 9.35. The van der Waals surface area contributed by atoms with Crippen LogP contribution in [-0.4, -0.2) is 16.1 Å². The summed E-state index contributed by atoms with van der Waals surface area (Å²) >= 11 is 0. The summed E-state index contributed by atoms with van der Waals surface area (Å²) in [5.74, 6) is -0.00888. The Hall–Kier alpha value is -1.60. The number of hydrogen-bond acceptors (Lipinski definition) is 3. The number of allylic oxidation sites excluding steroid dienone is 4. The van der Waals surface area contributed by atoms with Crippen LogP contribution < -0.4 is 10.5 Å². The first-order chi connectivity index (χ1) is 8.09. The van der Waals surface area contributed by atoms with Crippen molar-refractivity contribution < 1.29 is 4.21 Å². The van der Waals surface area contributed by atoms with Gasteiger partial charge in [-0.1, -0.05) is 30.4 Å². The molecule has 0 aromatic carbocycles. The number of amidine groups is 1. The van der Waals surface area contributed by atoms with Crippen LogP contribution in [0.15, 0.2) is 44.9 Å². The molecule has 2 atom stereocenters. The Bertz CT molecular complexity index is 506. The van der Waals surface area contributed by atoms with E-state index in [0.717, 1.165) is 5.57 Å². The van der Waals surface area contributed by atoms with Crippen molar-refractivity contribution in [2.24, 2.45) is 20.6 Å². The molecular weight excluding hydrogens is 240 g/mol. The molecule has 0 fully saturated rings. The highest BCUT2D eigenvalue weighted by atomic mass is 32.3. The number of nitroso groups, excluding NO2 is 1. The SMILES string of the molecule is C/C=C\C1=CC=CC2N[SH](=O)(N=O)N=C(N)C12. The van der Waals surface area contributed by atoms with Crippen LogP contribution in [0.4, 0.5) is 0 Å². The predicted octanol–water partition coefficient (Wildman–Crippen LogP) is 0.532. The van der Waals surface area contributed by atoms with Crippen LogP contribution in [0.25, 0.3) is 0 Å². The first kappa shape index (κ1) is 11.9. The van der Waals surface area contributed by atoms with Crippen LogP contribution >= 0.6 is 0 Å². The molecule has 0 aromatic heterocycles. The highest BCUT2D eigenvalue weighted by Crippen LogP contribution is 2.28. The highest BCUT2D eigenvalue weighted by molar-refractivity contribution is 7.98. The van der Waals surface area contributed by atoms with E-state index < -0.39 is 10.5 Å². The zero-order valence-corrected chi connectivity index (χ0v) is 10.2. The average Bonchev–Trinajstić information content (AvgIpc) is 2.29. The second-order valence-corrected chi connectivity index (χ2v) is 5.54. The van der Waals surface area contributed by atoms with Gasteiger partial charge in [-0.15, -0.1) is 4.91 Å². The zero-order chi connectivity index (χ0) is 12.5. The Balaban J connectivity index is 2.44. The molecule has 6 nitrogen and oxygen atoms in total. The lowest BCUT2D eigenvalue weighted by molar-refractivity contribution is 0.594. The molecule has 3 N–H and O–H groups in total. The molecule has 2 aliphatic rings. The Morgan fingerprint density at radius 1 is 1.65 bits per heavy atom. The molecule has 0 saturated carbocycles. The van der Waals surface area contributed by atoms with Crippen molar-refractivity contribution in [3.63, 3.8) is 0 Å². The van der Waals surface area contributed by atoms with Gasteiger partial charge in [-0.05, 0) is 12.5 Å². The Morgan fingerprint density at radius 2 is 2.41 bits per heavy atom. The summed E-state index contributed by atoms with van der Waals surface area (Å²) in [5.41, 5.74) is 6.76. The molecule has 17 heavy (non-hydrogen) atoms. The van der Waals surface area contributed by atoms with E-state index in [1.165, 1.54) is 0 Å². The van der Waals surface area contributed by atoms with Crippen LogP contribution in [-0.2, 0) is 10.5 Å². The maximum atomic E-state index is 11.8. The summed E-state index contributed by atoms with van der Waals surface area (Å²) < 4.78 is 20.7. The van der Waals surface area contributed by atoms with Crippen LogP contribution in [0, 0.1) is 10.8 Å². The van der Waals surface area contributed by atoms with Crippen LogP contribution in [0.1, 0.15) is 6.92 Å². The molecule has 1 heterocycles. The minimum absolute atomic E-state index is 0.186. The molecule has 0 bridgehead atoms. The molecular formula is C10H14N4O2S. The van der Waals surface area contributed by atoms with Gasteiger partial charge in [-0.3, -0.25) is 0 Å². The van der Waals surface area contributed by atoms with Gasteiger partial charge in [0.25, 0.3) is 0 Å². The van der Waals surface area contributed by atoms with Gasteiger partial charge < -0.3 is 5.73 Å². The van der Waals surface area contributed by atoms with Crippen molar-refractivity contribution >= 4 is 16.3 Å². The minimum Gasteiger partial charge on any atom is -0.386 e. The van der Waals surface area contributed by atoms with Crippen LogP contribution in [0.5, 0.6) is 0 Å². The maximum Gasteiger partial charge on any atom is 0.150 e. The topological polar surface area (TPSA) is 96.9 Å². The van der Waals surface area contributed by atoms with Gasteiger partial charge in [0.05, 0.1) is 12.0 Å². The lowest BCUT2D eigenvalue weighted by atomic mass is 9.86. The van der Waals surface area contributed by atoms with Crippen LogP contribution in [0.2, 0.25) is 0 Å². The van der Waals surface area contributed by atoms with Gasteiger partial charge in [0.2, 0.25) is 0 Å². The van der Waals surface area contributed by atoms with Gasteiger partial charge in [-0.2, -0.15) is 4.40 Å². The molecule has 0 saturated heterocycles. The lowest BCUT2D eigenvalue weighted by Gasteiger charge is -2.35. The van der Waals surface area contributed by atoms with Gasteiger partial charge >= 0.3 is 0 Å². The fourth-order valence-corrected chi connectivity index (χ4v) is 3.22. The van der Waals surface area contributed by atoms with E-state index in [1.807, 2.05) is 31.2 Å². The summed E-state index contributed by atoms with van der Waals surface area (Å²) in [7, 11) is -3.61. The van der Waals surface area contributed by atoms with E-state index in [1.54, 1.807) is 6.08 Å². The molecule has 1 aliphatic heterocycles. The largest absolute Gasteiger partial charge is 0.386 e. The van der Waals surface area contributed by atoms with E-state index in [0.29, 0.717) is 0 Å². The fourth-order valence-electron chi connectivity index (χ4n) is 2.02. The summed E-state index contributed by atoms with van der Waals surface area (Å²) in [6.45, 7) is 1.90. The van der Waals surface area contributed by atoms with Crippen molar-refractivity contribution in [1.29, 1.82) is 0 Å². The standard InChI is InChI=1S/C10H14N4O2S/c1-2-4-7-5-3-6-8-9(7)10(11)13-17(16,12-8)14-15/h2-6,8-9,17H,1H3,(H3,11,12,13,16)/b4-2-. The van der Waals surface area contributed by atoms with E-state index in [4.69, 9.17) is 5.73 Å². The number of rotatable bonds is 2. The monoisotopic (exact) mass is 254 g/mol. The highest BCUT2D eigenvalue weighted by Gasteiger charge is 2.35. The van der Waals surface area contributed by atoms with E-state index >= 15 is 0 Å². The second-order valence-electron chi connectivity index (χ2n) is 3.83. The Kier molecular flexibility index (Phi) is 3.03. The lowest BCUT2D eigenvalue weighted by Crippen LogP contribution is -2.51. The van der Waals surface area contributed by atoms with E-state index in [-0.39, 0.29) is 17.8 Å². The predicted molar refractivity (Wildman–Crippen MR) is 69.4 cm³/mol. The van der Waals surface area contributed by atoms with Crippen LogP contribution in [0.3, 0.4) is 0 Å². The maximum absolute atomic E-state index is 11.8. The number of nitrogens with one attached hydrogen (secondary N) is 1. The average molecular weight is 254 g/mol. The first-order valence-corrected chi connectivity index (χ1v) is 6.80. The molecule has 0 aromatic rings. The molecule has 7 heteroatoms. The summed E-state index contributed by atoms with van der Waals surface area (Å²) in [6, 6.07) is -0.299. The molecule has 92 valence electrons. The molecule has 0 amide bonds. The van der Waals surface area contributed by atoms with Gasteiger partial charge in [-0.25, -0.2) is 8.93 Å². The molecule has 0 radical (unpaired) electrons. The first-order valence-electron chi connectivity index (χ1n) is 5.19. The smallest absolute Gasteiger partial charge is 0.150 e. The summed E-state index contributed by atoms with van der Waals surface area (Å²) in [5, 5.41) is 0. The third-order valence-electron chi connectivity index (χ3n) is 2.68. The van der Waals surface area contributed by atoms with Gasteiger partial charge in [0.15, 0.2) is 10.5 Å². The number of nitrogens with two attached hydrogens (primary N) is 1. The van der Waals surface area contributed by atoms with Gasteiger partial charge in [0, 0.05) is 4.58 Å². The number of thiol groups is 1. The van der Waals surface area contributed by atoms with Gasteiger partial charge in [0.1, 0.15) is 5.84 Å². The fraction of sp³-hybridized carbons (Fsp3) is 0.300. The summed E-state index contributed by atoms with van der Waals surface area (Å²) in [4.78, 5) is 10.5. The van der Waals surface area contributed by atoms with Crippen molar-refractivity contribution in [2.75, 3.05) is 0 Å². The second kappa shape index (κ2) is 4.34. The third-order valence-corrected chi connectivity index (χ3v) is 4.04. The molecule has 1 aliphatic carbocycles. The normalized spacial score (nSPS) is 32.5. The molecule has 0 spiro atoms.